The van der Waals surface area contributed by atoms with E-state index in [1.165, 1.54) is 12.8 Å². The predicted molar refractivity (Wildman–Crippen MR) is 96.1 cm³/mol. The number of rotatable bonds is 3. The number of aromatic amines is 1. The second-order valence-corrected chi connectivity index (χ2v) is 8.03. The molecule has 2 amide bonds. The summed E-state index contributed by atoms with van der Waals surface area (Å²) in [5.41, 5.74) is 0.688. The van der Waals surface area contributed by atoms with E-state index >= 15 is 0 Å². The van der Waals surface area contributed by atoms with E-state index in [2.05, 4.69) is 9.88 Å². The molecule has 1 atom stereocenters. The normalized spacial score (nSPS) is 25.7. The van der Waals surface area contributed by atoms with Crippen molar-refractivity contribution < 1.29 is 9.59 Å². The van der Waals surface area contributed by atoms with Crippen LogP contribution in [0.1, 0.15) is 55.4 Å². The maximum atomic E-state index is 12.6. The minimum atomic E-state index is 0.118. The van der Waals surface area contributed by atoms with E-state index in [4.69, 9.17) is 0 Å². The summed E-state index contributed by atoms with van der Waals surface area (Å²) in [5, 5.41) is 0. The lowest BCUT2D eigenvalue weighted by atomic mass is 9.83. The number of carbonyl (C=O) groups is 2. The van der Waals surface area contributed by atoms with Crippen molar-refractivity contribution in [3.05, 3.63) is 24.0 Å². The lowest BCUT2D eigenvalue weighted by Gasteiger charge is -2.34. The molecule has 0 spiro atoms. The van der Waals surface area contributed by atoms with Gasteiger partial charge in [0.05, 0.1) is 0 Å². The van der Waals surface area contributed by atoms with Gasteiger partial charge in [0, 0.05) is 38.3 Å². The average Bonchev–Trinajstić information content (AvgIpc) is 3.43. The van der Waals surface area contributed by atoms with Crippen LogP contribution >= 0.6 is 0 Å². The molecule has 1 aliphatic carbocycles. The molecule has 1 aromatic rings. The van der Waals surface area contributed by atoms with E-state index in [-0.39, 0.29) is 5.91 Å². The van der Waals surface area contributed by atoms with Gasteiger partial charge in [-0.05, 0) is 56.1 Å². The van der Waals surface area contributed by atoms with E-state index in [0.717, 1.165) is 58.3 Å². The smallest absolute Gasteiger partial charge is 0.270 e. The highest BCUT2D eigenvalue weighted by atomic mass is 16.2. The van der Waals surface area contributed by atoms with Gasteiger partial charge in [0.15, 0.2) is 0 Å². The van der Waals surface area contributed by atoms with Crippen LogP contribution in [0.25, 0.3) is 0 Å². The minimum Gasteiger partial charge on any atom is -0.357 e. The summed E-state index contributed by atoms with van der Waals surface area (Å²) in [6.45, 7) is 3.58. The summed E-state index contributed by atoms with van der Waals surface area (Å²) >= 11 is 0. The van der Waals surface area contributed by atoms with Gasteiger partial charge >= 0.3 is 0 Å². The van der Waals surface area contributed by atoms with Crippen molar-refractivity contribution >= 4 is 11.8 Å². The summed E-state index contributed by atoms with van der Waals surface area (Å²) < 4.78 is 0. The molecule has 136 valence electrons. The molecule has 4 rings (SSSR count). The van der Waals surface area contributed by atoms with E-state index in [9.17, 15) is 9.59 Å². The largest absolute Gasteiger partial charge is 0.357 e. The number of amides is 2. The Morgan fingerprint density at radius 1 is 0.920 bits per heavy atom. The Balaban J connectivity index is 1.27. The van der Waals surface area contributed by atoms with Crippen LogP contribution in [0.15, 0.2) is 18.3 Å². The fourth-order valence-corrected chi connectivity index (χ4v) is 5.01. The van der Waals surface area contributed by atoms with Crippen molar-refractivity contribution in [2.24, 2.45) is 17.8 Å². The Morgan fingerprint density at radius 2 is 1.60 bits per heavy atom. The molecule has 3 heterocycles. The average molecular weight is 343 g/mol. The lowest BCUT2D eigenvalue weighted by Crippen LogP contribution is -2.41. The third-order valence-corrected chi connectivity index (χ3v) is 6.56. The third-order valence-electron chi connectivity index (χ3n) is 6.56. The van der Waals surface area contributed by atoms with Gasteiger partial charge in [-0.3, -0.25) is 9.59 Å². The van der Waals surface area contributed by atoms with Crippen LogP contribution in [0.2, 0.25) is 0 Å². The Hall–Kier alpha value is -1.78. The fourth-order valence-electron chi connectivity index (χ4n) is 5.01. The molecule has 1 unspecified atom stereocenters. The summed E-state index contributed by atoms with van der Waals surface area (Å²) in [4.78, 5) is 32.2. The molecule has 0 radical (unpaired) electrons. The summed E-state index contributed by atoms with van der Waals surface area (Å²) in [5.74, 6) is 2.13. The number of likely N-dealkylation sites (tertiary alicyclic amines) is 2. The highest BCUT2D eigenvalue weighted by Gasteiger charge is 2.36. The van der Waals surface area contributed by atoms with Gasteiger partial charge in [0.1, 0.15) is 5.69 Å². The highest BCUT2D eigenvalue weighted by Crippen LogP contribution is 2.34. The molecule has 3 aliphatic rings. The van der Waals surface area contributed by atoms with Crippen molar-refractivity contribution in [3.63, 3.8) is 0 Å². The number of hydrogen-bond acceptors (Lipinski definition) is 2. The highest BCUT2D eigenvalue weighted by molar-refractivity contribution is 5.92. The first kappa shape index (κ1) is 16.7. The lowest BCUT2D eigenvalue weighted by molar-refractivity contribution is -0.134. The number of carbonyl (C=O) groups excluding carboxylic acids is 2. The summed E-state index contributed by atoms with van der Waals surface area (Å²) in [6.07, 6.45) is 9.73. The van der Waals surface area contributed by atoms with Crippen LogP contribution in [-0.4, -0.2) is 52.8 Å². The van der Waals surface area contributed by atoms with Gasteiger partial charge in [-0.15, -0.1) is 0 Å². The Labute approximate surface area is 149 Å². The molecule has 0 aromatic carbocycles. The Kier molecular flexibility index (Phi) is 4.82. The molecule has 5 nitrogen and oxygen atoms in total. The Bertz CT molecular complexity index is 598. The van der Waals surface area contributed by atoms with Crippen LogP contribution in [-0.2, 0) is 4.79 Å². The third kappa shape index (κ3) is 3.46. The fraction of sp³-hybridized carbons (Fsp3) is 0.700. The number of H-pyrrole nitrogens is 1. The summed E-state index contributed by atoms with van der Waals surface area (Å²) in [7, 11) is 0. The zero-order valence-corrected chi connectivity index (χ0v) is 15.0. The zero-order valence-electron chi connectivity index (χ0n) is 15.0. The van der Waals surface area contributed by atoms with E-state index in [0.29, 0.717) is 29.4 Å². The van der Waals surface area contributed by atoms with Crippen molar-refractivity contribution in [2.75, 3.05) is 26.2 Å². The number of nitrogens with zero attached hydrogens (tertiary/aromatic N) is 2. The van der Waals surface area contributed by atoms with Crippen molar-refractivity contribution in [1.82, 2.24) is 14.8 Å². The van der Waals surface area contributed by atoms with E-state index in [1.807, 2.05) is 17.0 Å². The molecular weight excluding hydrogens is 314 g/mol. The SMILES string of the molecule is O=C(c1ccc[nH]1)N1CCC(C2CCN(C(=O)C3CCCC3)C2)CC1. The molecule has 0 bridgehead atoms. The van der Waals surface area contributed by atoms with Crippen molar-refractivity contribution in [1.29, 1.82) is 0 Å². The molecule has 1 aromatic heterocycles. The van der Waals surface area contributed by atoms with Gasteiger partial charge in [-0.2, -0.15) is 0 Å². The Morgan fingerprint density at radius 3 is 2.28 bits per heavy atom. The number of nitrogens with one attached hydrogen (secondary N) is 1. The quantitative estimate of drug-likeness (QED) is 0.917. The molecule has 3 fully saturated rings. The molecule has 1 saturated carbocycles. The van der Waals surface area contributed by atoms with Crippen molar-refractivity contribution in [3.8, 4) is 0 Å². The number of piperidine rings is 1. The predicted octanol–water partition coefficient (Wildman–Crippen LogP) is 2.91. The zero-order chi connectivity index (χ0) is 17.2. The molecule has 2 aliphatic heterocycles. The molecule has 5 heteroatoms. The van der Waals surface area contributed by atoms with Crippen LogP contribution in [0.3, 0.4) is 0 Å². The van der Waals surface area contributed by atoms with Crippen LogP contribution in [0, 0.1) is 17.8 Å². The standard InChI is InChI=1S/C20H29N3O2/c24-19(16-4-1-2-5-16)23-13-9-17(14-23)15-7-11-22(12-8-15)20(25)18-6-3-10-21-18/h3,6,10,15-17,21H,1-2,4-5,7-9,11-14H2. The first-order valence-corrected chi connectivity index (χ1v) is 9.94. The first-order chi connectivity index (χ1) is 12.2. The topological polar surface area (TPSA) is 56.4 Å². The second-order valence-electron chi connectivity index (χ2n) is 8.03. The summed E-state index contributed by atoms with van der Waals surface area (Å²) in [6, 6.07) is 3.71. The maximum Gasteiger partial charge on any atom is 0.270 e. The minimum absolute atomic E-state index is 0.118. The molecule has 2 saturated heterocycles. The van der Waals surface area contributed by atoms with Crippen LogP contribution < -0.4 is 0 Å². The molecular formula is C20H29N3O2. The van der Waals surface area contributed by atoms with Gasteiger partial charge in [-0.1, -0.05) is 12.8 Å². The van der Waals surface area contributed by atoms with E-state index in [1.54, 1.807) is 6.20 Å². The number of aromatic nitrogens is 1. The van der Waals surface area contributed by atoms with Crippen LogP contribution in [0.5, 0.6) is 0 Å². The van der Waals surface area contributed by atoms with Gasteiger partial charge in [-0.25, -0.2) is 0 Å². The molecule has 25 heavy (non-hydrogen) atoms. The maximum absolute atomic E-state index is 12.6. The second kappa shape index (κ2) is 7.22. The van der Waals surface area contributed by atoms with E-state index < -0.39 is 0 Å². The first-order valence-electron chi connectivity index (χ1n) is 9.94. The number of hydrogen-bond donors (Lipinski definition) is 1. The van der Waals surface area contributed by atoms with Gasteiger partial charge in [0.25, 0.3) is 5.91 Å². The van der Waals surface area contributed by atoms with Gasteiger partial charge < -0.3 is 14.8 Å². The monoisotopic (exact) mass is 343 g/mol. The van der Waals surface area contributed by atoms with Crippen molar-refractivity contribution in [2.45, 2.75) is 44.9 Å². The van der Waals surface area contributed by atoms with Gasteiger partial charge in [0.2, 0.25) is 5.91 Å². The van der Waals surface area contributed by atoms with Crippen LogP contribution in [0.4, 0.5) is 0 Å². The molecule has 1 N–H and O–H groups in total.